The molecule has 0 radical (unpaired) electrons. The molecule has 2 N–H and O–H groups in total. The van der Waals surface area contributed by atoms with Crippen LogP contribution in [0.1, 0.15) is 12.5 Å². The number of ether oxygens (including phenoxy) is 2. The van der Waals surface area contributed by atoms with Crippen LogP contribution in [0, 0.1) is 6.92 Å². The molecule has 2 rings (SSSR count). The second kappa shape index (κ2) is 5.59. The van der Waals surface area contributed by atoms with Gasteiger partial charge in [0.2, 0.25) is 0 Å². The van der Waals surface area contributed by atoms with Gasteiger partial charge in [0.1, 0.15) is 5.75 Å². The fourth-order valence-electron chi connectivity index (χ4n) is 2.42. The number of rotatable bonds is 3. The molecule has 1 saturated heterocycles. The van der Waals surface area contributed by atoms with E-state index in [1.54, 1.807) is 7.11 Å². The van der Waals surface area contributed by atoms with Gasteiger partial charge in [-0.2, -0.15) is 0 Å². The molecule has 0 amide bonds. The zero-order valence-electron chi connectivity index (χ0n) is 11.3. The van der Waals surface area contributed by atoms with E-state index in [2.05, 4.69) is 30.9 Å². The van der Waals surface area contributed by atoms with Crippen molar-refractivity contribution < 1.29 is 9.47 Å². The molecule has 0 aliphatic carbocycles. The van der Waals surface area contributed by atoms with Crippen molar-refractivity contribution >= 4 is 5.69 Å². The van der Waals surface area contributed by atoms with Crippen LogP contribution in [0.2, 0.25) is 0 Å². The number of nitrogens with two attached hydrogens (primary N) is 1. The fourth-order valence-corrected chi connectivity index (χ4v) is 2.42. The van der Waals surface area contributed by atoms with E-state index < -0.39 is 0 Å². The number of hydrogen-bond donors (Lipinski definition) is 1. The van der Waals surface area contributed by atoms with Gasteiger partial charge >= 0.3 is 0 Å². The van der Waals surface area contributed by atoms with Crippen LogP contribution in [0.4, 0.5) is 5.69 Å². The maximum Gasteiger partial charge on any atom is 0.142 e. The zero-order chi connectivity index (χ0) is 13.1. The summed E-state index contributed by atoms with van der Waals surface area (Å²) in [6.45, 7) is 6.41. The van der Waals surface area contributed by atoms with Gasteiger partial charge in [-0.3, -0.25) is 0 Å². The lowest BCUT2D eigenvalue weighted by molar-refractivity contribution is -0.0105. The smallest absolute Gasteiger partial charge is 0.142 e. The molecule has 100 valence electrons. The summed E-state index contributed by atoms with van der Waals surface area (Å²) in [5.41, 5.74) is 8.08. The third-order valence-electron chi connectivity index (χ3n) is 3.26. The molecule has 2 unspecified atom stereocenters. The minimum absolute atomic E-state index is 0.0963. The van der Waals surface area contributed by atoms with E-state index in [0.29, 0.717) is 6.54 Å². The Labute approximate surface area is 109 Å². The molecule has 2 atom stereocenters. The molecule has 0 aromatic heterocycles. The van der Waals surface area contributed by atoms with Crippen molar-refractivity contribution in [1.82, 2.24) is 0 Å². The average Bonchev–Trinajstić information content (AvgIpc) is 2.38. The van der Waals surface area contributed by atoms with E-state index in [0.717, 1.165) is 24.5 Å². The maximum absolute atomic E-state index is 5.78. The van der Waals surface area contributed by atoms with Gasteiger partial charge in [-0.1, -0.05) is 6.07 Å². The van der Waals surface area contributed by atoms with E-state index in [9.17, 15) is 0 Å². The van der Waals surface area contributed by atoms with E-state index >= 15 is 0 Å². The Bertz CT molecular complexity index is 409. The third kappa shape index (κ3) is 2.76. The summed E-state index contributed by atoms with van der Waals surface area (Å²) >= 11 is 0. The molecule has 1 aliphatic heterocycles. The average molecular weight is 250 g/mol. The highest BCUT2D eigenvalue weighted by molar-refractivity contribution is 5.60. The summed E-state index contributed by atoms with van der Waals surface area (Å²) < 4.78 is 11.2. The summed E-state index contributed by atoms with van der Waals surface area (Å²) in [7, 11) is 1.71. The minimum Gasteiger partial charge on any atom is -0.495 e. The third-order valence-corrected chi connectivity index (χ3v) is 3.26. The van der Waals surface area contributed by atoms with Crippen LogP contribution in [0.5, 0.6) is 5.75 Å². The van der Waals surface area contributed by atoms with Crippen molar-refractivity contribution in [1.29, 1.82) is 0 Å². The first-order chi connectivity index (χ1) is 8.63. The van der Waals surface area contributed by atoms with Gasteiger partial charge in [0.25, 0.3) is 0 Å². The van der Waals surface area contributed by atoms with Crippen molar-refractivity contribution in [3.8, 4) is 5.75 Å². The summed E-state index contributed by atoms with van der Waals surface area (Å²) in [6.07, 6.45) is 0.288. The monoisotopic (exact) mass is 250 g/mol. The summed E-state index contributed by atoms with van der Waals surface area (Å²) in [5.74, 6) is 0.908. The van der Waals surface area contributed by atoms with Crippen molar-refractivity contribution in [2.24, 2.45) is 5.73 Å². The van der Waals surface area contributed by atoms with Crippen LogP contribution in [-0.2, 0) is 4.74 Å². The molecule has 1 aromatic carbocycles. The van der Waals surface area contributed by atoms with Gasteiger partial charge in [-0.05, 0) is 31.5 Å². The highest BCUT2D eigenvalue weighted by atomic mass is 16.5. The van der Waals surface area contributed by atoms with Crippen LogP contribution >= 0.6 is 0 Å². The SMILES string of the molecule is COc1ccc(C)cc1N1CC(C)OC(CN)C1. The van der Waals surface area contributed by atoms with E-state index in [4.69, 9.17) is 15.2 Å². The summed E-state index contributed by atoms with van der Waals surface area (Å²) in [6, 6.07) is 6.24. The molecule has 18 heavy (non-hydrogen) atoms. The van der Waals surface area contributed by atoms with Gasteiger partial charge in [-0.15, -0.1) is 0 Å². The molecule has 0 saturated carbocycles. The zero-order valence-corrected chi connectivity index (χ0v) is 11.3. The minimum atomic E-state index is 0.0963. The molecule has 4 heteroatoms. The number of hydrogen-bond acceptors (Lipinski definition) is 4. The molecule has 0 spiro atoms. The number of benzene rings is 1. The lowest BCUT2D eigenvalue weighted by Crippen LogP contribution is -2.49. The first-order valence-electron chi connectivity index (χ1n) is 6.39. The molecule has 4 nitrogen and oxygen atoms in total. The van der Waals surface area contributed by atoms with Crippen molar-refractivity contribution in [2.45, 2.75) is 26.1 Å². The van der Waals surface area contributed by atoms with Crippen molar-refractivity contribution in [3.63, 3.8) is 0 Å². The topological polar surface area (TPSA) is 47.7 Å². The van der Waals surface area contributed by atoms with Crippen molar-refractivity contribution in [2.75, 3.05) is 31.6 Å². The number of anilines is 1. The highest BCUT2D eigenvalue weighted by Crippen LogP contribution is 2.31. The van der Waals surface area contributed by atoms with E-state index in [1.807, 2.05) is 6.07 Å². The predicted molar refractivity (Wildman–Crippen MR) is 73.3 cm³/mol. The Morgan fingerprint density at radius 3 is 2.89 bits per heavy atom. The Balaban J connectivity index is 2.26. The molecule has 1 heterocycles. The molecular weight excluding hydrogens is 228 g/mol. The van der Waals surface area contributed by atoms with E-state index in [-0.39, 0.29) is 12.2 Å². The lowest BCUT2D eigenvalue weighted by atomic mass is 10.1. The Morgan fingerprint density at radius 2 is 2.22 bits per heavy atom. The number of morpholine rings is 1. The quantitative estimate of drug-likeness (QED) is 0.884. The first-order valence-corrected chi connectivity index (χ1v) is 6.39. The number of methoxy groups -OCH3 is 1. The van der Waals surface area contributed by atoms with Crippen LogP contribution in [0.15, 0.2) is 18.2 Å². The lowest BCUT2D eigenvalue weighted by Gasteiger charge is -2.38. The Morgan fingerprint density at radius 1 is 1.44 bits per heavy atom. The molecular formula is C14H22N2O2. The van der Waals surface area contributed by atoms with Gasteiger partial charge in [0.05, 0.1) is 25.0 Å². The normalized spacial score (nSPS) is 24.1. The Hall–Kier alpha value is -1.26. The van der Waals surface area contributed by atoms with Gasteiger partial charge < -0.3 is 20.1 Å². The summed E-state index contributed by atoms with van der Waals surface area (Å²) in [5, 5.41) is 0. The van der Waals surface area contributed by atoms with Gasteiger partial charge in [0.15, 0.2) is 0 Å². The number of aryl methyl sites for hydroxylation is 1. The van der Waals surface area contributed by atoms with Crippen LogP contribution < -0.4 is 15.4 Å². The number of nitrogens with zero attached hydrogens (tertiary/aromatic N) is 1. The van der Waals surface area contributed by atoms with Crippen LogP contribution in [-0.4, -0.2) is 39.0 Å². The fraction of sp³-hybridized carbons (Fsp3) is 0.571. The van der Waals surface area contributed by atoms with Crippen LogP contribution in [0.25, 0.3) is 0 Å². The Kier molecular flexibility index (Phi) is 4.09. The molecule has 1 aliphatic rings. The van der Waals surface area contributed by atoms with Crippen molar-refractivity contribution in [3.05, 3.63) is 23.8 Å². The first kappa shape index (κ1) is 13.2. The van der Waals surface area contributed by atoms with Crippen LogP contribution in [0.3, 0.4) is 0 Å². The summed E-state index contributed by atoms with van der Waals surface area (Å²) in [4.78, 5) is 2.30. The maximum atomic E-state index is 5.78. The highest BCUT2D eigenvalue weighted by Gasteiger charge is 2.26. The largest absolute Gasteiger partial charge is 0.495 e. The van der Waals surface area contributed by atoms with E-state index in [1.165, 1.54) is 5.56 Å². The van der Waals surface area contributed by atoms with Gasteiger partial charge in [0, 0.05) is 19.6 Å². The predicted octanol–water partition coefficient (Wildman–Crippen LogP) is 1.56. The standard InChI is InChI=1S/C14H22N2O2/c1-10-4-5-14(17-3)13(6-10)16-8-11(2)18-12(7-15)9-16/h4-6,11-12H,7-9,15H2,1-3H3. The second-order valence-corrected chi connectivity index (χ2v) is 4.88. The molecule has 1 aromatic rings. The molecule has 1 fully saturated rings. The van der Waals surface area contributed by atoms with Gasteiger partial charge in [-0.25, -0.2) is 0 Å². The molecule has 0 bridgehead atoms. The second-order valence-electron chi connectivity index (χ2n) is 4.88.